The number of likely N-dealkylation sites (N-methyl/N-ethyl adjacent to an activating group) is 1. The number of hydrogen-bond acceptors (Lipinski definition) is 3. The Morgan fingerprint density at radius 3 is 3.12 bits per heavy atom. The van der Waals surface area contributed by atoms with Gasteiger partial charge >= 0.3 is 0 Å². The number of imidazole rings is 1. The van der Waals surface area contributed by atoms with E-state index in [2.05, 4.69) is 60.0 Å². The van der Waals surface area contributed by atoms with Crippen molar-refractivity contribution in [2.24, 2.45) is 0 Å². The Balaban J connectivity index is 2.36. The van der Waals surface area contributed by atoms with Gasteiger partial charge in [0.05, 0.1) is 11.4 Å². The van der Waals surface area contributed by atoms with Crippen LogP contribution in [0.3, 0.4) is 0 Å². The highest BCUT2D eigenvalue weighted by molar-refractivity contribution is 7.15. The summed E-state index contributed by atoms with van der Waals surface area (Å²) in [6.07, 6.45) is 4.31. The first-order chi connectivity index (χ1) is 8.13. The molecule has 0 amide bonds. The minimum absolute atomic E-state index is 0.406. The molecular formula is C13H19N3S. The fourth-order valence-corrected chi connectivity index (χ4v) is 2.66. The van der Waals surface area contributed by atoms with E-state index in [0.717, 1.165) is 17.2 Å². The van der Waals surface area contributed by atoms with Crippen LogP contribution < -0.4 is 5.32 Å². The molecule has 2 aromatic rings. The summed E-state index contributed by atoms with van der Waals surface area (Å²) in [5.41, 5.74) is 3.63. The Hall–Kier alpha value is -1.13. The Morgan fingerprint density at radius 2 is 2.41 bits per heavy atom. The second-order valence-electron chi connectivity index (χ2n) is 4.31. The van der Waals surface area contributed by atoms with Crippen LogP contribution in [0.1, 0.15) is 32.2 Å². The number of hydrogen-bond donors (Lipinski definition) is 1. The molecule has 0 saturated carbocycles. The minimum atomic E-state index is 0.406. The lowest BCUT2D eigenvalue weighted by Crippen LogP contribution is -2.26. The number of nitrogens with one attached hydrogen (secondary N) is 1. The molecule has 0 aromatic carbocycles. The van der Waals surface area contributed by atoms with Gasteiger partial charge in [-0.25, -0.2) is 4.98 Å². The quantitative estimate of drug-likeness (QED) is 0.902. The van der Waals surface area contributed by atoms with E-state index in [9.17, 15) is 0 Å². The van der Waals surface area contributed by atoms with E-state index in [1.807, 2.05) is 0 Å². The van der Waals surface area contributed by atoms with Crippen molar-refractivity contribution < 1.29 is 0 Å². The zero-order valence-electron chi connectivity index (χ0n) is 10.8. The number of thiazole rings is 1. The van der Waals surface area contributed by atoms with E-state index in [0.29, 0.717) is 6.04 Å². The van der Waals surface area contributed by atoms with Gasteiger partial charge < -0.3 is 5.32 Å². The number of aromatic nitrogens is 2. The number of aryl methyl sites for hydroxylation is 1. The standard InChI is InChI=1S/C13H19N3S/c1-5-14-10(3)9(2)8-12-11(4)15-13-16(12)6-7-17-13/h6-8,10,14H,5H2,1-4H3/b9-8+. The first-order valence-corrected chi connectivity index (χ1v) is 6.85. The first-order valence-electron chi connectivity index (χ1n) is 5.97. The Kier molecular flexibility index (Phi) is 3.64. The number of nitrogens with zero attached hydrogens (tertiary/aromatic N) is 2. The Labute approximate surface area is 106 Å². The van der Waals surface area contributed by atoms with Gasteiger partial charge in [-0.2, -0.15) is 0 Å². The topological polar surface area (TPSA) is 29.3 Å². The van der Waals surface area contributed by atoms with Gasteiger partial charge in [0, 0.05) is 17.6 Å². The third-order valence-corrected chi connectivity index (χ3v) is 3.80. The SMILES string of the molecule is CCNC(C)/C(C)=C/c1c(C)nc2sccn12. The molecule has 2 aromatic heterocycles. The minimum Gasteiger partial charge on any atom is -0.311 e. The summed E-state index contributed by atoms with van der Waals surface area (Å²) in [6, 6.07) is 0.406. The van der Waals surface area contributed by atoms with Crippen molar-refractivity contribution >= 4 is 22.4 Å². The van der Waals surface area contributed by atoms with Crippen molar-refractivity contribution in [3.63, 3.8) is 0 Å². The van der Waals surface area contributed by atoms with Crippen LogP contribution >= 0.6 is 11.3 Å². The molecule has 0 saturated heterocycles. The van der Waals surface area contributed by atoms with Crippen molar-refractivity contribution in [3.05, 3.63) is 28.5 Å². The van der Waals surface area contributed by atoms with Gasteiger partial charge in [-0.15, -0.1) is 11.3 Å². The summed E-state index contributed by atoms with van der Waals surface area (Å²) in [4.78, 5) is 5.62. The average Bonchev–Trinajstić information content (AvgIpc) is 2.82. The predicted molar refractivity (Wildman–Crippen MR) is 74.6 cm³/mol. The van der Waals surface area contributed by atoms with Crippen LogP contribution in [0.25, 0.3) is 11.0 Å². The van der Waals surface area contributed by atoms with Crippen molar-refractivity contribution in [1.29, 1.82) is 0 Å². The predicted octanol–water partition coefficient (Wildman–Crippen LogP) is 3.11. The van der Waals surface area contributed by atoms with Crippen LogP contribution in [-0.4, -0.2) is 22.0 Å². The fourth-order valence-electron chi connectivity index (χ4n) is 1.89. The van der Waals surface area contributed by atoms with E-state index in [1.165, 1.54) is 11.3 Å². The second-order valence-corrected chi connectivity index (χ2v) is 5.18. The third kappa shape index (κ3) is 2.42. The molecule has 92 valence electrons. The smallest absolute Gasteiger partial charge is 0.194 e. The van der Waals surface area contributed by atoms with Gasteiger partial charge in [0.15, 0.2) is 4.96 Å². The monoisotopic (exact) mass is 249 g/mol. The summed E-state index contributed by atoms with van der Waals surface area (Å²) in [6.45, 7) is 9.54. The molecule has 0 radical (unpaired) electrons. The summed E-state index contributed by atoms with van der Waals surface area (Å²) >= 11 is 1.68. The van der Waals surface area contributed by atoms with Crippen molar-refractivity contribution in [2.45, 2.75) is 33.7 Å². The van der Waals surface area contributed by atoms with Crippen LogP contribution in [0, 0.1) is 6.92 Å². The highest BCUT2D eigenvalue weighted by Crippen LogP contribution is 2.19. The van der Waals surface area contributed by atoms with E-state index < -0.39 is 0 Å². The fraction of sp³-hybridized carbons (Fsp3) is 0.462. The van der Waals surface area contributed by atoms with Gasteiger partial charge in [-0.3, -0.25) is 4.40 Å². The summed E-state index contributed by atoms with van der Waals surface area (Å²) in [5.74, 6) is 0. The van der Waals surface area contributed by atoms with Crippen LogP contribution in [-0.2, 0) is 0 Å². The molecule has 1 N–H and O–H groups in total. The van der Waals surface area contributed by atoms with E-state index >= 15 is 0 Å². The summed E-state index contributed by atoms with van der Waals surface area (Å²) in [7, 11) is 0. The molecule has 0 aliphatic carbocycles. The lowest BCUT2D eigenvalue weighted by atomic mass is 10.1. The van der Waals surface area contributed by atoms with Crippen LogP contribution in [0.5, 0.6) is 0 Å². The Morgan fingerprint density at radius 1 is 1.65 bits per heavy atom. The highest BCUT2D eigenvalue weighted by atomic mass is 32.1. The zero-order valence-corrected chi connectivity index (χ0v) is 11.6. The maximum Gasteiger partial charge on any atom is 0.194 e. The summed E-state index contributed by atoms with van der Waals surface area (Å²) < 4.78 is 2.15. The molecule has 4 heteroatoms. The number of rotatable bonds is 4. The number of fused-ring (bicyclic) bond motifs is 1. The maximum atomic E-state index is 4.55. The van der Waals surface area contributed by atoms with Gasteiger partial charge in [-0.1, -0.05) is 12.5 Å². The highest BCUT2D eigenvalue weighted by Gasteiger charge is 2.09. The molecule has 1 atom stereocenters. The first kappa shape index (κ1) is 12.3. The Bertz CT molecular complexity index is 536. The van der Waals surface area contributed by atoms with Crippen molar-refractivity contribution in [1.82, 2.24) is 14.7 Å². The molecule has 3 nitrogen and oxygen atoms in total. The second kappa shape index (κ2) is 5.02. The third-order valence-electron chi connectivity index (χ3n) is 3.04. The van der Waals surface area contributed by atoms with E-state index in [1.54, 1.807) is 11.3 Å². The molecule has 0 spiro atoms. The molecule has 1 unspecified atom stereocenters. The van der Waals surface area contributed by atoms with E-state index in [4.69, 9.17) is 0 Å². The largest absolute Gasteiger partial charge is 0.311 e. The normalized spacial score (nSPS) is 14.5. The summed E-state index contributed by atoms with van der Waals surface area (Å²) in [5, 5.41) is 5.50. The molecule has 0 aliphatic heterocycles. The van der Waals surface area contributed by atoms with Gasteiger partial charge in [-0.05, 0) is 33.4 Å². The molecule has 0 fully saturated rings. The van der Waals surface area contributed by atoms with Crippen LogP contribution in [0.4, 0.5) is 0 Å². The lowest BCUT2D eigenvalue weighted by molar-refractivity contribution is 0.636. The molecule has 0 bridgehead atoms. The molecular weight excluding hydrogens is 230 g/mol. The zero-order chi connectivity index (χ0) is 12.4. The van der Waals surface area contributed by atoms with Crippen molar-refractivity contribution in [3.8, 4) is 0 Å². The molecule has 2 rings (SSSR count). The van der Waals surface area contributed by atoms with Crippen molar-refractivity contribution in [2.75, 3.05) is 6.54 Å². The van der Waals surface area contributed by atoms with Gasteiger partial charge in [0.2, 0.25) is 0 Å². The molecule has 2 heterocycles. The average molecular weight is 249 g/mol. The lowest BCUT2D eigenvalue weighted by Gasteiger charge is -2.12. The van der Waals surface area contributed by atoms with Crippen LogP contribution in [0.2, 0.25) is 0 Å². The van der Waals surface area contributed by atoms with Gasteiger partial charge in [0.1, 0.15) is 0 Å². The molecule has 0 aliphatic rings. The van der Waals surface area contributed by atoms with Crippen LogP contribution in [0.15, 0.2) is 17.2 Å². The maximum absolute atomic E-state index is 4.55. The molecule has 17 heavy (non-hydrogen) atoms. The van der Waals surface area contributed by atoms with Gasteiger partial charge in [0.25, 0.3) is 0 Å². The van der Waals surface area contributed by atoms with E-state index in [-0.39, 0.29) is 0 Å².